The van der Waals surface area contributed by atoms with Crippen LogP contribution in [0.1, 0.15) is 38.5 Å². The van der Waals surface area contributed by atoms with Crippen molar-refractivity contribution >= 4 is 0 Å². The standard InChI is InChI=1S/C12H21NO/c14-12-10-5-7-13(8-6-10)11(12)9-3-1-2-4-9/h9-12,14H,1-8H2. The maximum absolute atomic E-state index is 10.3. The first-order chi connectivity index (χ1) is 6.86. The molecular weight excluding hydrogens is 174 g/mol. The number of piperidine rings is 3. The van der Waals surface area contributed by atoms with Gasteiger partial charge in [0.1, 0.15) is 0 Å². The van der Waals surface area contributed by atoms with Crippen molar-refractivity contribution in [3.8, 4) is 0 Å². The Bertz CT molecular complexity index is 200. The highest BCUT2D eigenvalue weighted by molar-refractivity contribution is 4.98. The van der Waals surface area contributed by atoms with Crippen LogP contribution in [-0.4, -0.2) is 35.2 Å². The van der Waals surface area contributed by atoms with Gasteiger partial charge in [-0.05, 0) is 50.6 Å². The number of hydrogen-bond acceptors (Lipinski definition) is 2. The molecule has 0 aromatic carbocycles. The van der Waals surface area contributed by atoms with E-state index < -0.39 is 0 Å². The largest absolute Gasteiger partial charge is 0.391 e. The highest BCUT2D eigenvalue weighted by atomic mass is 16.3. The molecule has 2 atom stereocenters. The molecule has 0 spiro atoms. The lowest BCUT2D eigenvalue weighted by Gasteiger charge is -2.51. The lowest BCUT2D eigenvalue weighted by atomic mass is 9.75. The molecule has 4 fully saturated rings. The van der Waals surface area contributed by atoms with Crippen LogP contribution in [0, 0.1) is 11.8 Å². The molecule has 0 amide bonds. The second-order valence-corrected chi connectivity index (χ2v) is 5.40. The highest BCUT2D eigenvalue weighted by Crippen LogP contribution is 2.40. The Morgan fingerprint density at radius 2 is 1.50 bits per heavy atom. The number of nitrogens with zero attached hydrogens (tertiary/aromatic N) is 1. The topological polar surface area (TPSA) is 23.5 Å². The maximum atomic E-state index is 10.3. The van der Waals surface area contributed by atoms with Crippen molar-refractivity contribution in [2.24, 2.45) is 11.8 Å². The van der Waals surface area contributed by atoms with Gasteiger partial charge in [0.05, 0.1) is 6.10 Å². The van der Waals surface area contributed by atoms with Crippen LogP contribution in [0.2, 0.25) is 0 Å². The van der Waals surface area contributed by atoms with Gasteiger partial charge in [0.15, 0.2) is 0 Å². The third-order valence-corrected chi connectivity index (χ3v) is 4.71. The molecule has 4 aliphatic rings. The van der Waals surface area contributed by atoms with Crippen LogP contribution in [0.4, 0.5) is 0 Å². The second-order valence-electron chi connectivity index (χ2n) is 5.40. The summed E-state index contributed by atoms with van der Waals surface area (Å²) in [4.78, 5) is 2.57. The minimum Gasteiger partial charge on any atom is -0.391 e. The molecular formula is C12H21NO. The molecule has 3 saturated heterocycles. The first-order valence-electron chi connectivity index (χ1n) is 6.28. The van der Waals surface area contributed by atoms with E-state index in [-0.39, 0.29) is 6.10 Å². The van der Waals surface area contributed by atoms with Gasteiger partial charge in [-0.25, -0.2) is 0 Å². The predicted molar refractivity (Wildman–Crippen MR) is 56.0 cm³/mol. The van der Waals surface area contributed by atoms with Crippen molar-refractivity contribution in [2.75, 3.05) is 13.1 Å². The van der Waals surface area contributed by atoms with Crippen LogP contribution in [0.15, 0.2) is 0 Å². The SMILES string of the molecule is OC1C2CCN(CC2)C1C1CCCC1. The molecule has 2 bridgehead atoms. The average Bonchev–Trinajstić information content (AvgIpc) is 2.72. The van der Waals surface area contributed by atoms with Crippen LogP contribution in [-0.2, 0) is 0 Å². The van der Waals surface area contributed by atoms with Gasteiger partial charge in [0.25, 0.3) is 0 Å². The van der Waals surface area contributed by atoms with Gasteiger partial charge in [0.2, 0.25) is 0 Å². The lowest BCUT2D eigenvalue weighted by molar-refractivity contribution is -0.0922. The van der Waals surface area contributed by atoms with E-state index in [9.17, 15) is 5.11 Å². The quantitative estimate of drug-likeness (QED) is 0.687. The Kier molecular flexibility index (Phi) is 2.29. The monoisotopic (exact) mass is 195 g/mol. The van der Waals surface area contributed by atoms with Crippen molar-refractivity contribution in [3.63, 3.8) is 0 Å². The molecule has 2 heteroatoms. The number of fused-ring (bicyclic) bond motifs is 3. The van der Waals surface area contributed by atoms with E-state index in [1.807, 2.05) is 0 Å². The molecule has 4 rings (SSSR count). The van der Waals surface area contributed by atoms with E-state index in [4.69, 9.17) is 0 Å². The van der Waals surface area contributed by atoms with Crippen molar-refractivity contribution in [2.45, 2.75) is 50.7 Å². The number of hydrogen-bond donors (Lipinski definition) is 1. The van der Waals surface area contributed by atoms with Crippen LogP contribution in [0.3, 0.4) is 0 Å². The highest BCUT2D eigenvalue weighted by Gasteiger charge is 2.44. The Hall–Kier alpha value is -0.0800. The molecule has 2 unspecified atom stereocenters. The summed E-state index contributed by atoms with van der Waals surface area (Å²) in [5.41, 5.74) is 0. The molecule has 2 nitrogen and oxygen atoms in total. The van der Waals surface area contributed by atoms with Gasteiger partial charge >= 0.3 is 0 Å². The summed E-state index contributed by atoms with van der Waals surface area (Å²) in [6.07, 6.45) is 8.00. The van der Waals surface area contributed by atoms with E-state index in [0.717, 1.165) is 5.92 Å². The molecule has 0 aromatic rings. The molecule has 3 aliphatic heterocycles. The Morgan fingerprint density at radius 1 is 0.857 bits per heavy atom. The van der Waals surface area contributed by atoms with E-state index in [1.165, 1.54) is 51.6 Å². The van der Waals surface area contributed by atoms with E-state index in [2.05, 4.69) is 4.90 Å². The smallest absolute Gasteiger partial charge is 0.0727 e. The summed E-state index contributed by atoms with van der Waals surface area (Å²) in [5, 5.41) is 10.3. The van der Waals surface area contributed by atoms with Crippen molar-refractivity contribution < 1.29 is 5.11 Å². The number of rotatable bonds is 1. The normalized spacial score (nSPS) is 48.6. The third-order valence-electron chi connectivity index (χ3n) is 4.71. The lowest BCUT2D eigenvalue weighted by Crippen LogP contribution is -2.60. The fourth-order valence-electron chi connectivity index (χ4n) is 3.93. The van der Waals surface area contributed by atoms with Crippen molar-refractivity contribution in [1.29, 1.82) is 0 Å². The summed E-state index contributed by atoms with van der Waals surface area (Å²) >= 11 is 0. The summed E-state index contributed by atoms with van der Waals surface area (Å²) in [7, 11) is 0. The van der Waals surface area contributed by atoms with Crippen LogP contribution < -0.4 is 0 Å². The van der Waals surface area contributed by atoms with Gasteiger partial charge in [-0.15, -0.1) is 0 Å². The summed E-state index contributed by atoms with van der Waals surface area (Å²) in [6.45, 7) is 2.51. The fraction of sp³-hybridized carbons (Fsp3) is 1.00. The minimum absolute atomic E-state index is 0.000556. The van der Waals surface area contributed by atoms with E-state index in [0.29, 0.717) is 12.0 Å². The summed E-state index contributed by atoms with van der Waals surface area (Å²) in [5.74, 6) is 1.44. The van der Waals surface area contributed by atoms with Crippen molar-refractivity contribution in [3.05, 3.63) is 0 Å². The molecule has 14 heavy (non-hydrogen) atoms. The van der Waals surface area contributed by atoms with E-state index in [1.54, 1.807) is 0 Å². The molecule has 3 heterocycles. The molecule has 1 aliphatic carbocycles. The zero-order valence-electron chi connectivity index (χ0n) is 8.86. The minimum atomic E-state index is 0.000556. The zero-order chi connectivity index (χ0) is 9.54. The van der Waals surface area contributed by atoms with Crippen LogP contribution in [0.5, 0.6) is 0 Å². The molecule has 0 aromatic heterocycles. The van der Waals surface area contributed by atoms with Gasteiger partial charge < -0.3 is 5.11 Å². The summed E-state index contributed by atoms with van der Waals surface area (Å²) in [6, 6.07) is 0.532. The number of aliphatic hydroxyl groups excluding tert-OH is 1. The Labute approximate surface area is 86.3 Å². The third kappa shape index (κ3) is 1.31. The van der Waals surface area contributed by atoms with Crippen LogP contribution in [0.25, 0.3) is 0 Å². The Balaban J connectivity index is 1.77. The first kappa shape index (κ1) is 9.17. The second kappa shape index (κ2) is 3.49. The van der Waals surface area contributed by atoms with Crippen LogP contribution >= 0.6 is 0 Å². The van der Waals surface area contributed by atoms with Gasteiger partial charge in [-0.2, -0.15) is 0 Å². The predicted octanol–water partition coefficient (Wildman–Crippen LogP) is 1.63. The first-order valence-corrected chi connectivity index (χ1v) is 6.28. The molecule has 80 valence electrons. The molecule has 0 radical (unpaired) electrons. The number of aliphatic hydroxyl groups is 1. The fourth-order valence-corrected chi connectivity index (χ4v) is 3.93. The molecule has 1 N–H and O–H groups in total. The van der Waals surface area contributed by atoms with E-state index >= 15 is 0 Å². The van der Waals surface area contributed by atoms with Gasteiger partial charge in [-0.3, -0.25) is 4.90 Å². The molecule has 1 saturated carbocycles. The maximum Gasteiger partial charge on any atom is 0.0727 e. The zero-order valence-corrected chi connectivity index (χ0v) is 8.86. The van der Waals surface area contributed by atoms with Gasteiger partial charge in [0, 0.05) is 6.04 Å². The van der Waals surface area contributed by atoms with Gasteiger partial charge in [-0.1, -0.05) is 12.8 Å². The average molecular weight is 195 g/mol. The summed E-state index contributed by atoms with van der Waals surface area (Å²) < 4.78 is 0. The Morgan fingerprint density at radius 3 is 2.07 bits per heavy atom. The van der Waals surface area contributed by atoms with Crippen molar-refractivity contribution in [1.82, 2.24) is 4.90 Å².